The van der Waals surface area contributed by atoms with Crippen LogP contribution >= 0.6 is 11.3 Å². The smallest absolute Gasteiger partial charge is 0.271 e. The molecule has 0 saturated heterocycles. The van der Waals surface area contributed by atoms with Crippen molar-refractivity contribution in [3.8, 4) is 33.2 Å². The number of thiophene rings is 1. The summed E-state index contributed by atoms with van der Waals surface area (Å²) in [5.41, 5.74) is 4.91. The Morgan fingerprint density at radius 2 is 2.00 bits per heavy atom. The molecule has 4 rings (SSSR count). The first-order valence-electron chi connectivity index (χ1n) is 11.6. The molecule has 0 radical (unpaired) electrons. The van der Waals surface area contributed by atoms with Gasteiger partial charge in [-0.15, -0.1) is 11.3 Å². The number of hydrogen-bond donors (Lipinski definition) is 1. The van der Waals surface area contributed by atoms with Gasteiger partial charge >= 0.3 is 0 Å². The van der Waals surface area contributed by atoms with Crippen molar-refractivity contribution in [3.05, 3.63) is 46.5 Å². The number of hydrogen-bond acceptors (Lipinski definition) is 5. The number of benzene rings is 1. The number of methoxy groups -OCH3 is 1. The molecule has 0 aliphatic carbocycles. The number of fused-ring (bicyclic) bond motifs is 3. The van der Waals surface area contributed by atoms with Gasteiger partial charge in [0.25, 0.3) is 5.91 Å². The summed E-state index contributed by atoms with van der Waals surface area (Å²) >= 11 is 1.61. The van der Waals surface area contributed by atoms with Gasteiger partial charge in [0.15, 0.2) is 11.5 Å². The SMILES string of the molecule is COc1cc2c(cc1OC(C)C)-c1c(-c3cccs3)c(CO)c(C(=O)N(C)C(C)(C)C)n1CC2. The molecule has 2 aromatic heterocycles. The molecule has 182 valence electrons. The van der Waals surface area contributed by atoms with Crippen molar-refractivity contribution in [2.75, 3.05) is 14.2 Å². The van der Waals surface area contributed by atoms with Gasteiger partial charge in [0, 0.05) is 40.7 Å². The zero-order chi connectivity index (χ0) is 24.8. The van der Waals surface area contributed by atoms with E-state index in [-0.39, 0.29) is 24.2 Å². The summed E-state index contributed by atoms with van der Waals surface area (Å²) in [5, 5.41) is 12.6. The highest BCUT2D eigenvalue weighted by atomic mass is 32.1. The lowest BCUT2D eigenvalue weighted by Gasteiger charge is -2.33. The first kappa shape index (κ1) is 24.4. The molecule has 0 spiro atoms. The Labute approximate surface area is 205 Å². The van der Waals surface area contributed by atoms with Crippen LogP contribution in [0, 0.1) is 0 Å². The van der Waals surface area contributed by atoms with Gasteiger partial charge in [0.05, 0.1) is 25.5 Å². The van der Waals surface area contributed by atoms with E-state index >= 15 is 0 Å². The summed E-state index contributed by atoms with van der Waals surface area (Å²) < 4.78 is 13.8. The van der Waals surface area contributed by atoms with Gasteiger partial charge < -0.3 is 24.0 Å². The van der Waals surface area contributed by atoms with Crippen molar-refractivity contribution in [3.63, 3.8) is 0 Å². The standard InChI is InChI=1S/C27H34N2O4S/c1-16(2)33-21-14-18-17(13-20(21)32-7)10-11-29-24(18)23(22-9-8-12-34-22)19(15-30)25(29)26(31)28(6)27(3,4)5/h8-9,12-14,16,30H,10-11,15H2,1-7H3. The molecule has 3 heterocycles. The lowest BCUT2D eigenvalue weighted by atomic mass is 9.94. The Morgan fingerprint density at radius 3 is 2.56 bits per heavy atom. The third-order valence-electron chi connectivity index (χ3n) is 6.42. The van der Waals surface area contributed by atoms with Crippen LogP contribution in [0.5, 0.6) is 11.5 Å². The maximum Gasteiger partial charge on any atom is 0.271 e. The number of carbonyl (C=O) groups is 1. The highest BCUT2D eigenvalue weighted by Crippen LogP contribution is 2.47. The van der Waals surface area contributed by atoms with Crippen LogP contribution in [0.3, 0.4) is 0 Å². The number of amides is 1. The van der Waals surface area contributed by atoms with Crippen LogP contribution in [-0.4, -0.2) is 46.3 Å². The van der Waals surface area contributed by atoms with Gasteiger partial charge in [-0.05, 0) is 70.2 Å². The fourth-order valence-electron chi connectivity index (χ4n) is 4.49. The summed E-state index contributed by atoms with van der Waals surface area (Å²) in [6.07, 6.45) is 0.744. The fraction of sp³-hybridized carbons (Fsp3) is 0.444. The van der Waals surface area contributed by atoms with Crippen molar-refractivity contribution < 1.29 is 19.4 Å². The normalized spacial score (nSPS) is 13.0. The average Bonchev–Trinajstić information content (AvgIpc) is 3.42. The molecule has 7 heteroatoms. The molecular formula is C27H34N2O4S. The van der Waals surface area contributed by atoms with Gasteiger partial charge in [-0.25, -0.2) is 0 Å². The van der Waals surface area contributed by atoms with E-state index in [2.05, 4.69) is 4.57 Å². The Bertz CT molecular complexity index is 1200. The lowest BCUT2D eigenvalue weighted by molar-refractivity contribution is 0.0641. The first-order chi connectivity index (χ1) is 16.1. The minimum absolute atomic E-state index is 0.00957. The molecule has 1 aliphatic heterocycles. The summed E-state index contributed by atoms with van der Waals surface area (Å²) in [6, 6.07) is 8.12. The Kier molecular flexibility index (Phi) is 6.53. The van der Waals surface area contributed by atoms with Crippen LogP contribution in [0.25, 0.3) is 21.7 Å². The lowest BCUT2D eigenvalue weighted by Crippen LogP contribution is -2.43. The second-order valence-electron chi connectivity index (χ2n) is 9.95. The highest BCUT2D eigenvalue weighted by molar-refractivity contribution is 7.13. The van der Waals surface area contributed by atoms with Crippen molar-refractivity contribution in [1.82, 2.24) is 9.47 Å². The van der Waals surface area contributed by atoms with E-state index in [1.54, 1.807) is 23.3 Å². The van der Waals surface area contributed by atoms with Crippen LogP contribution in [0.2, 0.25) is 0 Å². The summed E-state index contributed by atoms with van der Waals surface area (Å²) in [6.45, 7) is 10.5. The van der Waals surface area contributed by atoms with Crippen LogP contribution in [0.4, 0.5) is 0 Å². The minimum atomic E-state index is -0.351. The fourth-order valence-corrected chi connectivity index (χ4v) is 5.29. The Balaban J connectivity index is 2.03. The average molecular weight is 483 g/mol. The minimum Gasteiger partial charge on any atom is -0.493 e. The predicted octanol–water partition coefficient (Wildman–Crippen LogP) is 5.60. The first-order valence-corrected chi connectivity index (χ1v) is 12.5. The number of aliphatic hydroxyl groups is 1. The molecule has 6 nitrogen and oxygen atoms in total. The zero-order valence-corrected chi connectivity index (χ0v) is 21.9. The van der Waals surface area contributed by atoms with Crippen molar-refractivity contribution >= 4 is 17.2 Å². The second-order valence-corrected chi connectivity index (χ2v) is 10.9. The quantitative estimate of drug-likeness (QED) is 0.497. The summed E-state index contributed by atoms with van der Waals surface area (Å²) in [5.74, 6) is 1.29. The van der Waals surface area contributed by atoms with Crippen molar-refractivity contribution in [2.24, 2.45) is 0 Å². The van der Waals surface area contributed by atoms with Crippen LogP contribution < -0.4 is 9.47 Å². The van der Waals surface area contributed by atoms with E-state index < -0.39 is 0 Å². The molecule has 1 aromatic carbocycles. The zero-order valence-electron chi connectivity index (χ0n) is 21.1. The number of ether oxygens (including phenoxy) is 2. The number of aromatic nitrogens is 1. The summed E-state index contributed by atoms with van der Waals surface area (Å²) in [7, 11) is 3.48. The Morgan fingerprint density at radius 1 is 1.26 bits per heavy atom. The number of nitrogens with zero attached hydrogens (tertiary/aromatic N) is 2. The van der Waals surface area contributed by atoms with Crippen LogP contribution in [0.15, 0.2) is 29.6 Å². The molecule has 1 amide bonds. The number of aryl methyl sites for hydroxylation is 1. The van der Waals surface area contributed by atoms with Gasteiger partial charge in [-0.1, -0.05) is 6.07 Å². The molecule has 1 aliphatic rings. The number of aliphatic hydroxyl groups excluding tert-OH is 1. The molecule has 0 fully saturated rings. The summed E-state index contributed by atoms with van der Waals surface area (Å²) in [4.78, 5) is 16.6. The molecule has 3 aromatic rings. The molecule has 34 heavy (non-hydrogen) atoms. The van der Waals surface area contributed by atoms with E-state index in [0.29, 0.717) is 29.3 Å². The maximum absolute atomic E-state index is 13.8. The van der Waals surface area contributed by atoms with E-state index in [4.69, 9.17) is 9.47 Å². The maximum atomic E-state index is 13.8. The Hall–Kier alpha value is -2.77. The topological polar surface area (TPSA) is 63.9 Å². The monoisotopic (exact) mass is 482 g/mol. The molecule has 0 atom stereocenters. The highest BCUT2D eigenvalue weighted by Gasteiger charge is 2.35. The van der Waals surface area contributed by atoms with Gasteiger partial charge in [0.2, 0.25) is 0 Å². The van der Waals surface area contributed by atoms with Gasteiger partial charge in [0.1, 0.15) is 5.69 Å². The van der Waals surface area contributed by atoms with Gasteiger partial charge in [-0.2, -0.15) is 0 Å². The molecule has 0 unspecified atom stereocenters. The van der Waals surface area contributed by atoms with Crippen molar-refractivity contribution in [2.45, 2.75) is 65.8 Å². The van der Waals surface area contributed by atoms with E-state index in [0.717, 1.165) is 33.7 Å². The molecule has 0 bridgehead atoms. The molecular weight excluding hydrogens is 448 g/mol. The van der Waals surface area contributed by atoms with E-state index in [1.807, 2.05) is 71.3 Å². The third-order valence-corrected chi connectivity index (χ3v) is 7.30. The third kappa shape index (κ3) is 4.12. The van der Waals surface area contributed by atoms with E-state index in [9.17, 15) is 9.90 Å². The molecule has 0 saturated carbocycles. The second kappa shape index (κ2) is 9.12. The van der Waals surface area contributed by atoms with Crippen LogP contribution in [0.1, 0.15) is 56.2 Å². The van der Waals surface area contributed by atoms with E-state index in [1.165, 1.54) is 0 Å². The largest absolute Gasteiger partial charge is 0.493 e. The molecule has 1 N–H and O–H groups in total. The number of rotatable bonds is 6. The number of carbonyl (C=O) groups excluding carboxylic acids is 1. The van der Waals surface area contributed by atoms with Crippen molar-refractivity contribution in [1.29, 1.82) is 0 Å². The predicted molar refractivity (Wildman–Crippen MR) is 137 cm³/mol. The van der Waals surface area contributed by atoms with Crippen LogP contribution in [-0.2, 0) is 19.6 Å². The van der Waals surface area contributed by atoms with Gasteiger partial charge in [-0.3, -0.25) is 4.79 Å².